The monoisotopic (exact) mass is 661 g/mol. The first-order chi connectivity index (χ1) is 21.9. The highest BCUT2D eigenvalue weighted by Crippen LogP contribution is 2.29. The largest absolute Gasteiger partial charge is 0.445 e. The summed E-state index contributed by atoms with van der Waals surface area (Å²) in [6.45, 7) is 8.88. The Morgan fingerprint density at radius 2 is 1.63 bits per heavy atom. The number of hydrogen-bond acceptors (Lipinski definition) is 7. The van der Waals surface area contributed by atoms with E-state index in [1.165, 1.54) is 18.2 Å². The number of sulfonamides is 1. The summed E-state index contributed by atoms with van der Waals surface area (Å²) in [7, 11) is -4.19. The molecule has 1 aliphatic heterocycles. The number of aromatic nitrogens is 2. The summed E-state index contributed by atoms with van der Waals surface area (Å²) in [5.74, 6) is -0.585. The molecule has 0 bridgehead atoms. The molecule has 12 heteroatoms. The number of nitrogens with one attached hydrogen (secondary N) is 1. The van der Waals surface area contributed by atoms with Gasteiger partial charge in [0.15, 0.2) is 0 Å². The molecule has 1 unspecified atom stereocenters. The Morgan fingerprint density at radius 3 is 2.35 bits per heavy atom. The van der Waals surface area contributed by atoms with Crippen LogP contribution in [0, 0.1) is 19.8 Å². The number of halogens is 1. The SMILES string of the molecule is Cc1cccc(C)c1-c1cc(Cl)nc(NS(=O)(=O)c2cccc(C(=O)N3CCN(C(=O)OCc4ccccc4)CC(C)[C@H]3C)c2)n1. The maximum atomic E-state index is 13.8. The maximum Gasteiger partial charge on any atom is 0.410 e. The van der Waals surface area contributed by atoms with Gasteiger partial charge in [0.25, 0.3) is 15.9 Å². The molecule has 2 atom stereocenters. The number of carbonyl (C=O) groups excluding carboxylic acids is 2. The minimum atomic E-state index is -4.19. The van der Waals surface area contributed by atoms with E-state index in [2.05, 4.69) is 14.7 Å². The Balaban J connectivity index is 1.31. The minimum absolute atomic E-state index is 0.0598. The molecule has 240 valence electrons. The fourth-order valence-electron chi connectivity index (χ4n) is 5.54. The summed E-state index contributed by atoms with van der Waals surface area (Å²) in [6.07, 6.45) is -0.444. The van der Waals surface area contributed by atoms with E-state index in [-0.39, 0.29) is 59.1 Å². The molecule has 0 saturated carbocycles. The van der Waals surface area contributed by atoms with Crippen LogP contribution in [0.4, 0.5) is 10.7 Å². The standard InChI is InChI=1S/C34H36ClN5O5S/c1-22-10-8-11-23(2)31(22)29-19-30(35)37-33(36-29)38-46(43,44)28-15-9-14-27(18-28)32(41)40-17-16-39(20-24(3)25(40)4)34(42)45-21-26-12-6-5-7-13-26/h5-15,18-19,24-25H,16-17,20-21H2,1-4H3,(H,36,37,38)/t24?,25-/m1/s1. The van der Waals surface area contributed by atoms with Gasteiger partial charge < -0.3 is 14.5 Å². The molecule has 46 heavy (non-hydrogen) atoms. The zero-order chi connectivity index (χ0) is 33.0. The number of carbonyl (C=O) groups is 2. The molecule has 1 saturated heterocycles. The molecular weight excluding hydrogens is 626 g/mol. The molecule has 0 radical (unpaired) electrons. The third-order valence-corrected chi connectivity index (χ3v) is 9.73. The Kier molecular flexibility index (Phi) is 9.93. The van der Waals surface area contributed by atoms with Crippen molar-refractivity contribution in [2.75, 3.05) is 24.4 Å². The van der Waals surface area contributed by atoms with Crippen molar-refractivity contribution in [3.05, 3.63) is 106 Å². The fourth-order valence-corrected chi connectivity index (χ4v) is 6.72. The van der Waals surface area contributed by atoms with Crippen LogP contribution in [0.2, 0.25) is 5.15 Å². The van der Waals surface area contributed by atoms with Crippen LogP contribution in [-0.4, -0.2) is 65.9 Å². The number of anilines is 1. The summed E-state index contributed by atoms with van der Waals surface area (Å²) in [6, 6.07) is 22.4. The molecule has 10 nitrogen and oxygen atoms in total. The van der Waals surface area contributed by atoms with E-state index in [0.29, 0.717) is 12.2 Å². The second-order valence-electron chi connectivity index (χ2n) is 11.5. The molecule has 1 fully saturated rings. The lowest BCUT2D eigenvalue weighted by Crippen LogP contribution is -2.42. The number of aryl methyl sites for hydroxylation is 2. The van der Waals surface area contributed by atoms with Gasteiger partial charge in [-0.2, -0.15) is 0 Å². The number of hydrogen-bond donors (Lipinski definition) is 1. The topological polar surface area (TPSA) is 122 Å². The lowest BCUT2D eigenvalue weighted by molar-refractivity contribution is 0.0668. The third kappa shape index (κ3) is 7.48. The molecular formula is C34H36ClN5O5S. The van der Waals surface area contributed by atoms with Gasteiger partial charge in [-0.25, -0.2) is 27.9 Å². The van der Waals surface area contributed by atoms with Crippen LogP contribution in [0.25, 0.3) is 11.3 Å². The molecule has 2 amide bonds. The summed E-state index contributed by atoms with van der Waals surface area (Å²) in [4.78, 5) is 38.4. The van der Waals surface area contributed by atoms with E-state index >= 15 is 0 Å². The Labute approximate surface area is 274 Å². The molecule has 4 aromatic rings. The second-order valence-corrected chi connectivity index (χ2v) is 13.6. The quantitative estimate of drug-likeness (QED) is 0.230. The van der Waals surface area contributed by atoms with E-state index in [1.807, 2.05) is 76.2 Å². The van der Waals surface area contributed by atoms with Gasteiger partial charge in [0, 0.05) is 42.9 Å². The third-order valence-electron chi connectivity index (χ3n) is 8.21. The average molecular weight is 662 g/mol. The first kappa shape index (κ1) is 32.9. The van der Waals surface area contributed by atoms with Crippen LogP contribution in [0.1, 0.15) is 40.9 Å². The van der Waals surface area contributed by atoms with Crippen molar-refractivity contribution in [2.24, 2.45) is 5.92 Å². The van der Waals surface area contributed by atoms with Crippen LogP contribution < -0.4 is 4.72 Å². The normalized spacial score (nSPS) is 16.9. The van der Waals surface area contributed by atoms with E-state index in [4.69, 9.17) is 16.3 Å². The van der Waals surface area contributed by atoms with E-state index in [1.54, 1.807) is 21.9 Å². The first-order valence-electron chi connectivity index (χ1n) is 14.9. The highest BCUT2D eigenvalue weighted by Gasteiger charge is 2.33. The number of benzene rings is 3. The molecule has 1 N–H and O–H groups in total. The lowest BCUT2D eigenvalue weighted by atomic mass is 10.00. The number of amides is 2. The summed E-state index contributed by atoms with van der Waals surface area (Å²) in [5, 5.41) is 0.0801. The van der Waals surface area contributed by atoms with E-state index < -0.39 is 16.1 Å². The molecule has 0 aliphatic carbocycles. The van der Waals surface area contributed by atoms with Crippen LogP contribution >= 0.6 is 11.6 Å². The van der Waals surface area contributed by atoms with Crippen molar-refractivity contribution in [2.45, 2.75) is 45.2 Å². The van der Waals surface area contributed by atoms with E-state index in [0.717, 1.165) is 22.3 Å². The fraction of sp³-hybridized carbons (Fsp3) is 0.294. The van der Waals surface area contributed by atoms with Crippen LogP contribution in [0.15, 0.2) is 83.8 Å². The Morgan fingerprint density at radius 1 is 0.935 bits per heavy atom. The second kappa shape index (κ2) is 13.9. The number of nitrogens with zero attached hydrogens (tertiary/aromatic N) is 4. The van der Waals surface area contributed by atoms with Gasteiger partial charge in [0.2, 0.25) is 5.95 Å². The van der Waals surface area contributed by atoms with Gasteiger partial charge in [-0.1, -0.05) is 73.1 Å². The predicted molar refractivity (Wildman–Crippen MR) is 177 cm³/mol. The molecule has 2 heterocycles. The summed E-state index contributed by atoms with van der Waals surface area (Å²) >= 11 is 6.28. The summed E-state index contributed by atoms with van der Waals surface area (Å²) < 4.78 is 34.9. The van der Waals surface area contributed by atoms with Gasteiger partial charge in [0.05, 0.1) is 10.6 Å². The maximum absolute atomic E-state index is 13.8. The molecule has 1 aromatic heterocycles. The van der Waals surface area contributed by atoms with Gasteiger partial charge in [-0.3, -0.25) is 4.79 Å². The van der Waals surface area contributed by atoms with Gasteiger partial charge >= 0.3 is 6.09 Å². The van der Waals surface area contributed by atoms with Crippen molar-refractivity contribution >= 4 is 39.6 Å². The number of rotatable bonds is 7. The predicted octanol–water partition coefficient (Wildman–Crippen LogP) is 6.33. The zero-order valence-corrected chi connectivity index (χ0v) is 27.7. The highest BCUT2D eigenvalue weighted by molar-refractivity contribution is 7.92. The zero-order valence-electron chi connectivity index (χ0n) is 26.1. The average Bonchev–Trinajstić information content (AvgIpc) is 3.17. The minimum Gasteiger partial charge on any atom is -0.445 e. The molecule has 3 aromatic carbocycles. The van der Waals surface area contributed by atoms with Crippen molar-refractivity contribution < 1.29 is 22.7 Å². The Hall–Kier alpha value is -4.48. The lowest BCUT2D eigenvalue weighted by Gasteiger charge is -2.30. The molecule has 5 rings (SSSR count). The number of ether oxygens (including phenoxy) is 1. The van der Waals surface area contributed by atoms with Gasteiger partial charge in [0.1, 0.15) is 11.8 Å². The van der Waals surface area contributed by atoms with Gasteiger partial charge in [-0.05, 0) is 61.6 Å². The molecule has 0 spiro atoms. The van der Waals surface area contributed by atoms with Crippen LogP contribution in [0.5, 0.6) is 0 Å². The van der Waals surface area contributed by atoms with Crippen molar-refractivity contribution in [3.8, 4) is 11.3 Å². The molecule has 1 aliphatic rings. The highest BCUT2D eigenvalue weighted by atomic mass is 35.5. The Bertz CT molecular complexity index is 1830. The smallest absolute Gasteiger partial charge is 0.410 e. The van der Waals surface area contributed by atoms with E-state index in [9.17, 15) is 18.0 Å². The van der Waals surface area contributed by atoms with Crippen molar-refractivity contribution in [3.63, 3.8) is 0 Å². The van der Waals surface area contributed by atoms with Crippen LogP contribution in [-0.2, 0) is 21.4 Å². The van der Waals surface area contributed by atoms with Crippen LogP contribution in [0.3, 0.4) is 0 Å². The van der Waals surface area contributed by atoms with Crippen molar-refractivity contribution in [1.82, 2.24) is 19.8 Å². The van der Waals surface area contributed by atoms with Crippen molar-refractivity contribution in [1.29, 1.82) is 0 Å². The first-order valence-corrected chi connectivity index (χ1v) is 16.8. The van der Waals surface area contributed by atoms with Gasteiger partial charge in [-0.15, -0.1) is 0 Å². The summed E-state index contributed by atoms with van der Waals surface area (Å²) in [5.41, 5.74) is 4.32.